The number of phosphoric acid groups is 2. The Morgan fingerprint density at radius 1 is 1.07 bits per heavy atom. The standard InChI is InChI=1S/C22H21FN10O11P2/c23-22-14(33-6-29-11-19(33)30-21(25)31-20(11)35)16(22)42-9-3-41-45(36,37)43-13-7(2-40-46(38,39)44-15(9)22)1-8(12(13)34)32-5-28-10-17(24)26-4-27-18(10)32/h4-7,13-14,16,34H,1-3H2,(H,36,37)(H,38,39)(H2,24,26,27)(H3,25,30,31,35)/t7-,13?,14-,16?,22?/m1/s1. The molecule has 1 fully saturated rings. The average molecular weight is 682 g/mol. The van der Waals surface area contributed by atoms with E-state index in [9.17, 15) is 28.8 Å². The van der Waals surface area contributed by atoms with Crippen molar-refractivity contribution in [2.75, 3.05) is 24.7 Å². The van der Waals surface area contributed by atoms with Crippen LogP contribution in [0.15, 0.2) is 41.1 Å². The molecular formula is C22H21FN10O11P2. The van der Waals surface area contributed by atoms with Crippen LogP contribution in [-0.2, 0) is 32.0 Å². The highest BCUT2D eigenvalue weighted by Gasteiger charge is 2.79. The number of nitrogens with two attached hydrogens (primary N) is 2. The zero-order valence-corrected chi connectivity index (χ0v) is 24.6. The highest BCUT2D eigenvalue weighted by atomic mass is 31.2. The Hall–Kier alpha value is -4.43. The first kappa shape index (κ1) is 29.0. The van der Waals surface area contributed by atoms with Gasteiger partial charge in [-0.15, -0.1) is 0 Å². The molecule has 0 saturated heterocycles. The Morgan fingerprint density at radius 3 is 2.65 bits per heavy atom. The molecule has 7 atom stereocenters. The number of rotatable bonds is 2. The minimum absolute atomic E-state index is 0.0587. The van der Waals surface area contributed by atoms with E-state index in [1.165, 1.54) is 17.2 Å². The van der Waals surface area contributed by atoms with Crippen LogP contribution >= 0.6 is 15.6 Å². The van der Waals surface area contributed by atoms with Crippen molar-refractivity contribution < 1.29 is 51.2 Å². The lowest BCUT2D eigenvalue weighted by Crippen LogP contribution is -2.26. The number of alkyl halides is 1. The Balaban J connectivity index is 1.11. The Bertz CT molecular complexity index is 2200. The summed E-state index contributed by atoms with van der Waals surface area (Å²) in [6.07, 6.45) is 0.415. The summed E-state index contributed by atoms with van der Waals surface area (Å²) in [6, 6.07) is -1.30. The first-order valence-electron chi connectivity index (χ1n) is 13.3. The number of ether oxygens (including phenoxy) is 1. The third-order valence-electron chi connectivity index (χ3n) is 8.01. The molecule has 8 rings (SSSR count). The van der Waals surface area contributed by atoms with Gasteiger partial charge in [0.1, 0.15) is 37.2 Å². The zero-order chi connectivity index (χ0) is 32.3. The molecule has 21 nitrogen and oxygen atoms in total. The van der Waals surface area contributed by atoms with Crippen LogP contribution in [-0.4, -0.2) is 85.0 Å². The second-order valence-electron chi connectivity index (χ2n) is 10.7. The van der Waals surface area contributed by atoms with E-state index in [0.717, 1.165) is 10.9 Å². The molecule has 6 heterocycles. The first-order valence-corrected chi connectivity index (χ1v) is 16.3. The summed E-state index contributed by atoms with van der Waals surface area (Å²) in [5.41, 5.74) is 8.40. The smallest absolute Gasteiger partial charge is 0.508 e. The summed E-state index contributed by atoms with van der Waals surface area (Å²) >= 11 is 0. The van der Waals surface area contributed by atoms with E-state index in [-0.39, 0.29) is 46.2 Å². The number of hydrogen-bond donors (Lipinski definition) is 6. The van der Waals surface area contributed by atoms with Crippen molar-refractivity contribution in [1.29, 1.82) is 0 Å². The van der Waals surface area contributed by atoms with Crippen LogP contribution in [0.5, 0.6) is 0 Å². The maximum absolute atomic E-state index is 16.6. The van der Waals surface area contributed by atoms with E-state index in [4.69, 9.17) is 34.3 Å². The molecule has 4 aromatic heterocycles. The van der Waals surface area contributed by atoms with Gasteiger partial charge in [-0.05, 0) is 6.42 Å². The summed E-state index contributed by atoms with van der Waals surface area (Å²) in [5, 5.41) is 11.1. The predicted octanol–water partition coefficient (Wildman–Crippen LogP) is 0.393. The fourth-order valence-electron chi connectivity index (χ4n) is 5.91. The van der Waals surface area contributed by atoms with Gasteiger partial charge >= 0.3 is 15.6 Å². The lowest BCUT2D eigenvalue weighted by molar-refractivity contribution is 0.0432. The molecule has 0 radical (unpaired) electrons. The van der Waals surface area contributed by atoms with Crippen LogP contribution in [0, 0.1) is 5.92 Å². The lowest BCUT2D eigenvalue weighted by atomic mass is 10.1. The summed E-state index contributed by atoms with van der Waals surface area (Å²) in [4.78, 5) is 55.8. The number of nitrogens with zero attached hydrogens (tertiary/aromatic N) is 7. The fourth-order valence-corrected chi connectivity index (χ4v) is 7.71. The molecule has 0 bridgehead atoms. The number of halogens is 1. The number of hydrogen-bond acceptors (Lipinski definition) is 16. The summed E-state index contributed by atoms with van der Waals surface area (Å²) in [5.74, 6) is -3.21. The molecule has 1 saturated carbocycles. The quantitative estimate of drug-likeness (QED) is 0.156. The number of nitrogens with one attached hydrogen (secondary N) is 1. The molecule has 24 heteroatoms. The van der Waals surface area contributed by atoms with Crippen molar-refractivity contribution in [2.24, 2.45) is 5.92 Å². The number of anilines is 2. The second-order valence-corrected chi connectivity index (χ2v) is 13.5. The topological polar surface area (TPSA) is 300 Å². The number of fused-ring (bicyclic) bond motifs is 5. The summed E-state index contributed by atoms with van der Waals surface area (Å²) < 4.78 is 71.7. The molecule has 2 aliphatic heterocycles. The van der Waals surface area contributed by atoms with Gasteiger partial charge in [0.25, 0.3) is 5.56 Å². The van der Waals surface area contributed by atoms with E-state index in [0.29, 0.717) is 0 Å². The van der Waals surface area contributed by atoms with Crippen molar-refractivity contribution in [1.82, 2.24) is 39.0 Å². The number of aromatic nitrogens is 8. The van der Waals surface area contributed by atoms with Gasteiger partial charge in [0, 0.05) is 5.92 Å². The highest BCUT2D eigenvalue weighted by molar-refractivity contribution is 7.47. The molecule has 0 amide bonds. The van der Waals surface area contributed by atoms with E-state index >= 15 is 4.39 Å². The molecule has 2 aliphatic carbocycles. The third kappa shape index (κ3) is 4.26. The molecule has 0 aromatic carbocycles. The van der Waals surface area contributed by atoms with Gasteiger partial charge in [0.2, 0.25) is 11.6 Å². The van der Waals surface area contributed by atoms with E-state index in [1.54, 1.807) is 0 Å². The van der Waals surface area contributed by atoms with Crippen molar-refractivity contribution in [2.45, 2.75) is 30.3 Å². The van der Waals surface area contributed by atoms with Crippen molar-refractivity contribution in [3.8, 4) is 0 Å². The van der Waals surface area contributed by atoms with Crippen molar-refractivity contribution >= 4 is 55.4 Å². The fraction of sp³-hybridized carbons (Fsp3) is 0.364. The maximum atomic E-state index is 16.6. The van der Waals surface area contributed by atoms with Crippen LogP contribution in [0.3, 0.4) is 0 Å². The van der Waals surface area contributed by atoms with E-state index < -0.39 is 81.5 Å². The predicted molar refractivity (Wildman–Crippen MR) is 149 cm³/mol. The molecule has 5 unspecified atom stereocenters. The van der Waals surface area contributed by atoms with E-state index in [1.807, 2.05) is 0 Å². The molecule has 4 aliphatic rings. The highest BCUT2D eigenvalue weighted by Crippen LogP contribution is 2.67. The number of allylic oxidation sites excluding steroid dienone is 1. The van der Waals surface area contributed by atoms with Gasteiger partial charge < -0.3 is 35.3 Å². The molecular weight excluding hydrogens is 661 g/mol. The number of nitrogen functional groups attached to an aromatic ring is 2. The third-order valence-corrected chi connectivity index (χ3v) is 9.85. The number of imidazole rings is 2. The van der Waals surface area contributed by atoms with Crippen LogP contribution in [0.25, 0.3) is 28.0 Å². The van der Waals surface area contributed by atoms with Crippen molar-refractivity contribution in [3.63, 3.8) is 0 Å². The molecule has 242 valence electrons. The number of aromatic amines is 1. The zero-order valence-electron chi connectivity index (χ0n) is 22.8. The van der Waals surface area contributed by atoms with Gasteiger partial charge in [-0.25, -0.2) is 33.5 Å². The maximum Gasteiger partial charge on any atom is 0.527 e. The van der Waals surface area contributed by atoms with Crippen LogP contribution in [0.2, 0.25) is 0 Å². The molecule has 8 N–H and O–H groups in total. The lowest BCUT2D eigenvalue weighted by Gasteiger charge is -2.25. The number of aliphatic hydroxyl groups is 1. The summed E-state index contributed by atoms with van der Waals surface area (Å²) in [7, 11) is -10.2. The largest absolute Gasteiger partial charge is 0.527 e. The SMILES string of the molecule is Nc1nc2c(ncn2[C@@H]2C3OC4=C(OP(=O)(O)OC[C@H]5CC(n6cnc7c(N)ncnc76)=C(O)C5OP(=O)(O)OC4)C32F)c(=O)[nH]1. The molecule has 0 spiro atoms. The Morgan fingerprint density at radius 2 is 1.85 bits per heavy atom. The van der Waals surface area contributed by atoms with Gasteiger partial charge in [0.05, 0.1) is 18.6 Å². The monoisotopic (exact) mass is 682 g/mol. The Labute approximate surface area is 253 Å². The average Bonchev–Trinajstić information content (AvgIpc) is 3.47. The molecule has 46 heavy (non-hydrogen) atoms. The minimum atomic E-state index is -5.15. The number of phosphoric ester groups is 2. The number of aliphatic hydroxyl groups excluding tert-OH is 1. The summed E-state index contributed by atoms with van der Waals surface area (Å²) in [6.45, 7) is -1.64. The normalized spacial score (nSPS) is 34.4. The van der Waals surface area contributed by atoms with Crippen LogP contribution < -0.4 is 17.0 Å². The Kier molecular flexibility index (Phi) is 6.02. The minimum Gasteiger partial charge on any atom is -0.508 e. The van der Waals surface area contributed by atoms with Crippen molar-refractivity contribution in [3.05, 3.63) is 46.6 Å². The van der Waals surface area contributed by atoms with Gasteiger partial charge in [-0.2, -0.15) is 4.98 Å². The van der Waals surface area contributed by atoms with Crippen LogP contribution in [0.1, 0.15) is 12.5 Å². The van der Waals surface area contributed by atoms with Gasteiger partial charge in [-0.1, -0.05) is 0 Å². The second kappa shape index (κ2) is 9.55. The van der Waals surface area contributed by atoms with E-state index in [2.05, 4.69) is 29.9 Å². The van der Waals surface area contributed by atoms with Crippen LogP contribution in [0.4, 0.5) is 16.2 Å². The van der Waals surface area contributed by atoms with Gasteiger partial charge in [-0.3, -0.25) is 32.8 Å². The molecule has 4 aromatic rings. The number of H-pyrrole nitrogens is 1. The first-order chi connectivity index (χ1) is 21.8. The van der Waals surface area contributed by atoms with Gasteiger partial charge in [0.15, 0.2) is 45.8 Å².